The molecule has 0 saturated carbocycles. The standard InChI is InChI=1S/C23H36N2O2.C15H28N2O2.C8H9Br.ClH.2O2S/c1-5-18-6-8-21(9-7-18)24-14-10-19(11-15-24)20-12-16-25(17-13-20)22(26)27-23(2,3)4;1-15(2,3)19-14(18)17-10-6-13(7-11-17)12-4-8-16-9-5-12;1-2-7-3-5-8(9)6-4-7;;2*1-3-2/h6-9,19-20H,5,10-17H2,1-4H3;12-13,16H,4-11H2,1-3H3;3-6H,2H2,1H3;1H;;. The van der Waals surface area contributed by atoms with Gasteiger partial charge in [-0.3, -0.25) is 0 Å². The number of likely N-dealkylation sites (tertiary alicyclic amines) is 2. The largest absolute Gasteiger partial charge is 0.444 e. The third-order valence-electron chi connectivity index (χ3n) is 11.7. The minimum absolute atomic E-state index is 0. The second-order valence-electron chi connectivity index (χ2n) is 18.2. The number of ether oxygens (including phenoxy) is 2. The van der Waals surface area contributed by atoms with Gasteiger partial charge in [0.1, 0.15) is 11.2 Å². The molecule has 62 heavy (non-hydrogen) atoms. The number of hydrogen-bond donors (Lipinski definition) is 1. The van der Waals surface area contributed by atoms with Crippen molar-refractivity contribution in [3.05, 3.63) is 64.1 Å². The Bertz CT molecular complexity index is 1610. The summed E-state index contributed by atoms with van der Waals surface area (Å²) in [6.45, 7) is 24.0. The van der Waals surface area contributed by atoms with E-state index in [1.807, 2.05) is 51.3 Å². The third kappa shape index (κ3) is 22.7. The molecule has 4 aliphatic rings. The second-order valence-corrected chi connectivity index (χ2v) is 19.3. The predicted molar refractivity (Wildman–Crippen MR) is 256 cm³/mol. The number of carbonyl (C=O) groups excluding carboxylic acids is 2. The molecule has 0 spiro atoms. The minimum atomic E-state index is -0.750. The van der Waals surface area contributed by atoms with Crippen LogP contribution in [0.3, 0.4) is 0 Å². The van der Waals surface area contributed by atoms with Crippen LogP contribution < -0.4 is 10.2 Å². The summed E-state index contributed by atoms with van der Waals surface area (Å²) in [5.74, 6) is 3.23. The number of piperidine rings is 4. The molecule has 4 fully saturated rings. The van der Waals surface area contributed by atoms with Crippen molar-refractivity contribution in [2.45, 2.75) is 131 Å². The molecule has 0 aliphatic carbocycles. The number of aryl methyl sites for hydroxylation is 2. The predicted octanol–water partition coefficient (Wildman–Crippen LogP) is 9.84. The van der Waals surface area contributed by atoms with Crippen molar-refractivity contribution >= 4 is 69.4 Å². The van der Waals surface area contributed by atoms with Gasteiger partial charge in [0.2, 0.25) is 0 Å². The molecule has 0 radical (unpaired) electrons. The number of benzene rings is 2. The zero-order chi connectivity index (χ0) is 45.4. The van der Waals surface area contributed by atoms with Crippen LogP contribution >= 0.6 is 28.3 Å². The maximum Gasteiger partial charge on any atom is 0.410 e. The lowest BCUT2D eigenvalue weighted by atomic mass is 9.79. The summed E-state index contributed by atoms with van der Waals surface area (Å²) >= 11 is 1.87. The highest BCUT2D eigenvalue weighted by atomic mass is 79.9. The van der Waals surface area contributed by atoms with Crippen LogP contribution in [0.4, 0.5) is 15.3 Å². The van der Waals surface area contributed by atoms with E-state index in [2.05, 4.69) is 88.5 Å². The SMILES string of the molecule is CC(C)(C)OC(=O)N1CCC(C2CCNCC2)CC1.CCc1ccc(Br)cc1.CCc1ccc(N2CCC(C3CCN(C(=O)OC(C)(C)C)CC3)CC2)cc1.Cl.O=S=O.O=S=O. The maximum absolute atomic E-state index is 12.2. The van der Waals surface area contributed by atoms with Gasteiger partial charge in [-0.25, -0.2) is 9.59 Å². The molecular weight excluding hydrogens is 916 g/mol. The van der Waals surface area contributed by atoms with Crippen LogP contribution in [-0.2, 0) is 45.5 Å². The quantitative estimate of drug-likeness (QED) is 0.308. The number of anilines is 1. The van der Waals surface area contributed by atoms with Gasteiger partial charge < -0.3 is 29.5 Å². The van der Waals surface area contributed by atoms with E-state index in [1.54, 1.807) is 0 Å². The highest BCUT2D eigenvalue weighted by molar-refractivity contribution is 9.10. The minimum Gasteiger partial charge on any atom is -0.444 e. The number of nitrogens with one attached hydrogen (secondary N) is 1. The van der Waals surface area contributed by atoms with Gasteiger partial charge in [-0.15, -0.1) is 12.4 Å². The lowest BCUT2D eigenvalue weighted by Gasteiger charge is -2.41. The molecule has 0 atom stereocenters. The summed E-state index contributed by atoms with van der Waals surface area (Å²) in [4.78, 5) is 30.5. The van der Waals surface area contributed by atoms with E-state index in [4.69, 9.17) is 26.3 Å². The number of carbonyl (C=O) groups is 2. The van der Waals surface area contributed by atoms with Crippen molar-refractivity contribution in [3.8, 4) is 0 Å². The van der Waals surface area contributed by atoms with Crippen LogP contribution in [0.5, 0.6) is 0 Å². The van der Waals surface area contributed by atoms with Crippen LogP contribution in [0.1, 0.15) is 118 Å². The van der Waals surface area contributed by atoms with Gasteiger partial charge in [-0.2, -0.15) is 16.8 Å². The van der Waals surface area contributed by atoms with Crippen molar-refractivity contribution in [2.24, 2.45) is 23.7 Å². The Morgan fingerprint density at radius 3 is 1.21 bits per heavy atom. The molecule has 0 unspecified atom stereocenters. The van der Waals surface area contributed by atoms with E-state index in [1.165, 1.54) is 42.5 Å². The van der Waals surface area contributed by atoms with Crippen molar-refractivity contribution in [2.75, 3.05) is 57.3 Å². The summed E-state index contributed by atoms with van der Waals surface area (Å²) in [6.07, 6.45) is 11.6. The molecule has 2 aromatic rings. The topological polar surface area (TPSA) is 143 Å². The maximum atomic E-state index is 12.2. The second kappa shape index (κ2) is 30.3. The molecule has 16 heteroatoms. The monoisotopic (exact) mass is 988 g/mol. The zero-order valence-corrected chi connectivity index (χ0v) is 42.4. The lowest BCUT2D eigenvalue weighted by Crippen LogP contribution is -2.44. The zero-order valence-electron chi connectivity index (χ0n) is 38.4. The molecule has 6 rings (SSSR count). The first-order chi connectivity index (χ1) is 29.0. The summed E-state index contributed by atoms with van der Waals surface area (Å²) in [5.41, 5.74) is 3.37. The van der Waals surface area contributed by atoms with E-state index < -0.39 is 28.7 Å². The van der Waals surface area contributed by atoms with Crippen LogP contribution in [0.15, 0.2) is 53.0 Å². The summed E-state index contributed by atoms with van der Waals surface area (Å²) in [6, 6.07) is 17.5. The number of halogens is 2. The fourth-order valence-electron chi connectivity index (χ4n) is 8.37. The molecule has 4 saturated heterocycles. The van der Waals surface area contributed by atoms with Crippen LogP contribution in [0.2, 0.25) is 0 Å². The van der Waals surface area contributed by atoms with Crippen molar-refractivity contribution in [1.29, 1.82) is 0 Å². The number of rotatable bonds is 5. The Labute approximate surface area is 394 Å². The molecular formula is C46H74BrClN4O8S2. The molecule has 1 N–H and O–H groups in total. The average molecular weight is 991 g/mol. The molecule has 4 heterocycles. The average Bonchev–Trinajstić information content (AvgIpc) is 3.24. The normalized spacial score (nSPS) is 17.7. The first kappa shape index (κ1) is 57.2. The number of amides is 2. The molecule has 4 aliphatic heterocycles. The van der Waals surface area contributed by atoms with E-state index >= 15 is 0 Å². The molecule has 352 valence electrons. The highest BCUT2D eigenvalue weighted by Crippen LogP contribution is 2.35. The Hall–Kier alpha value is -2.85. The van der Waals surface area contributed by atoms with E-state index in [9.17, 15) is 9.59 Å². The summed E-state index contributed by atoms with van der Waals surface area (Å²) in [5, 5.41) is 3.42. The summed E-state index contributed by atoms with van der Waals surface area (Å²) < 4.78 is 45.3. The molecule has 0 aromatic heterocycles. The summed E-state index contributed by atoms with van der Waals surface area (Å²) in [7, 11) is 0. The molecule has 12 nitrogen and oxygen atoms in total. The lowest BCUT2D eigenvalue weighted by molar-refractivity contribution is 0.0142. The first-order valence-electron chi connectivity index (χ1n) is 22.1. The smallest absolute Gasteiger partial charge is 0.410 e. The van der Waals surface area contributed by atoms with Crippen LogP contribution in [-0.4, -0.2) is 102 Å². The molecule has 2 amide bonds. The Morgan fingerprint density at radius 1 is 0.581 bits per heavy atom. The van der Waals surface area contributed by atoms with E-state index in [0.29, 0.717) is 0 Å². The van der Waals surface area contributed by atoms with Gasteiger partial charge in [-0.05, 0) is 178 Å². The van der Waals surface area contributed by atoms with Gasteiger partial charge in [0.15, 0.2) is 0 Å². The van der Waals surface area contributed by atoms with Crippen molar-refractivity contribution in [1.82, 2.24) is 15.1 Å². The van der Waals surface area contributed by atoms with E-state index in [0.717, 1.165) is 119 Å². The number of hydrogen-bond acceptors (Lipinski definition) is 10. The Balaban J connectivity index is 0.000000475. The van der Waals surface area contributed by atoms with Crippen LogP contribution in [0.25, 0.3) is 0 Å². The third-order valence-corrected chi connectivity index (χ3v) is 12.2. The fourth-order valence-corrected chi connectivity index (χ4v) is 8.63. The van der Waals surface area contributed by atoms with Gasteiger partial charge in [-0.1, -0.05) is 54.0 Å². The Kier molecular flexibility index (Phi) is 28.0. The van der Waals surface area contributed by atoms with Gasteiger partial charge in [0.05, 0.1) is 0 Å². The first-order valence-corrected chi connectivity index (χ1v) is 24.2. The van der Waals surface area contributed by atoms with Crippen molar-refractivity contribution in [3.63, 3.8) is 0 Å². The van der Waals surface area contributed by atoms with Crippen LogP contribution in [0, 0.1) is 23.7 Å². The van der Waals surface area contributed by atoms with Gasteiger partial charge in [0.25, 0.3) is 0 Å². The number of nitrogens with zero attached hydrogens (tertiary/aromatic N) is 3. The molecule has 0 bridgehead atoms. The van der Waals surface area contributed by atoms with Gasteiger partial charge in [0, 0.05) is 49.4 Å². The van der Waals surface area contributed by atoms with E-state index in [-0.39, 0.29) is 30.2 Å². The highest BCUT2D eigenvalue weighted by Gasteiger charge is 2.33. The van der Waals surface area contributed by atoms with Gasteiger partial charge >= 0.3 is 35.3 Å². The van der Waals surface area contributed by atoms with Crippen molar-refractivity contribution < 1.29 is 35.9 Å². The molecule has 2 aromatic carbocycles. The fraction of sp³-hybridized carbons (Fsp3) is 0.696. The Morgan fingerprint density at radius 2 is 0.887 bits per heavy atom.